The number of nitrogens with one attached hydrogen (secondary N) is 1. The molecule has 1 amide bonds. The Morgan fingerprint density at radius 3 is 2.30 bits per heavy atom. The molecule has 0 aliphatic heterocycles. The van der Waals surface area contributed by atoms with Crippen molar-refractivity contribution in [2.75, 3.05) is 7.11 Å². The van der Waals surface area contributed by atoms with Gasteiger partial charge in [0.15, 0.2) is 6.10 Å². The van der Waals surface area contributed by atoms with Gasteiger partial charge < -0.3 is 14.8 Å². The monoisotopic (exact) mass is 313 g/mol. The van der Waals surface area contributed by atoms with Crippen LogP contribution in [-0.2, 0) is 16.1 Å². The van der Waals surface area contributed by atoms with Crippen LogP contribution in [0.2, 0.25) is 0 Å². The molecule has 0 spiro atoms. The lowest BCUT2D eigenvalue weighted by Crippen LogP contribution is -2.35. The van der Waals surface area contributed by atoms with Crippen molar-refractivity contribution in [2.45, 2.75) is 19.6 Å². The van der Waals surface area contributed by atoms with Gasteiger partial charge in [-0.05, 0) is 36.8 Å². The Labute approximate surface area is 135 Å². The van der Waals surface area contributed by atoms with Gasteiger partial charge in [-0.1, -0.05) is 30.3 Å². The molecule has 0 fully saturated rings. The van der Waals surface area contributed by atoms with Crippen molar-refractivity contribution in [2.24, 2.45) is 0 Å². The summed E-state index contributed by atoms with van der Waals surface area (Å²) in [5.74, 6) is 0.0638. The normalized spacial score (nSPS) is 11.4. The van der Waals surface area contributed by atoms with Crippen LogP contribution in [0.1, 0.15) is 22.8 Å². The van der Waals surface area contributed by atoms with E-state index in [1.165, 1.54) is 7.11 Å². The fourth-order valence-electron chi connectivity index (χ4n) is 1.97. The molecule has 2 rings (SSSR count). The summed E-state index contributed by atoms with van der Waals surface area (Å²) in [5.41, 5.74) is 1.36. The van der Waals surface area contributed by atoms with E-state index < -0.39 is 6.10 Å². The molecule has 0 saturated carbocycles. The van der Waals surface area contributed by atoms with Crippen LogP contribution in [0.25, 0.3) is 0 Å². The van der Waals surface area contributed by atoms with Crippen LogP contribution in [0.15, 0.2) is 54.6 Å². The largest absolute Gasteiger partial charge is 0.481 e. The Morgan fingerprint density at radius 2 is 1.70 bits per heavy atom. The molecule has 0 bridgehead atoms. The first kappa shape index (κ1) is 16.5. The number of ether oxygens (including phenoxy) is 2. The van der Waals surface area contributed by atoms with Gasteiger partial charge in [0, 0.05) is 6.54 Å². The molecule has 2 aromatic carbocycles. The van der Waals surface area contributed by atoms with Crippen molar-refractivity contribution in [3.8, 4) is 5.75 Å². The van der Waals surface area contributed by atoms with Crippen molar-refractivity contribution in [3.05, 3.63) is 65.7 Å². The van der Waals surface area contributed by atoms with Crippen LogP contribution in [0.5, 0.6) is 5.75 Å². The van der Waals surface area contributed by atoms with Crippen LogP contribution >= 0.6 is 0 Å². The van der Waals surface area contributed by atoms with Crippen LogP contribution in [0.3, 0.4) is 0 Å². The molecule has 2 aromatic rings. The van der Waals surface area contributed by atoms with Crippen molar-refractivity contribution in [3.63, 3.8) is 0 Å². The highest BCUT2D eigenvalue weighted by Gasteiger charge is 2.14. The highest BCUT2D eigenvalue weighted by molar-refractivity contribution is 5.89. The number of hydrogen-bond acceptors (Lipinski definition) is 4. The van der Waals surface area contributed by atoms with Gasteiger partial charge in [-0.2, -0.15) is 0 Å². The van der Waals surface area contributed by atoms with Crippen molar-refractivity contribution < 1.29 is 19.1 Å². The number of carbonyl (C=O) groups is 2. The van der Waals surface area contributed by atoms with E-state index in [1.54, 1.807) is 43.3 Å². The number of carbonyl (C=O) groups excluding carboxylic acids is 2. The third kappa shape index (κ3) is 4.85. The summed E-state index contributed by atoms with van der Waals surface area (Å²) in [4.78, 5) is 23.4. The molecule has 0 aromatic heterocycles. The fourth-order valence-corrected chi connectivity index (χ4v) is 1.97. The lowest BCUT2D eigenvalue weighted by molar-refractivity contribution is -0.127. The molecular formula is C18H19NO4. The number of benzene rings is 2. The molecule has 0 aliphatic carbocycles. The maximum Gasteiger partial charge on any atom is 0.337 e. The van der Waals surface area contributed by atoms with Gasteiger partial charge in [-0.3, -0.25) is 4.79 Å². The molecule has 120 valence electrons. The molecule has 1 atom stereocenters. The van der Waals surface area contributed by atoms with Gasteiger partial charge in [0.05, 0.1) is 12.7 Å². The Bertz CT molecular complexity index is 652. The standard InChI is InChI=1S/C18H19NO4/c1-13(23-16-6-4-3-5-7-16)17(20)19-12-14-8-10-15(11-9-14)18(21)22-2/h3-11,13H,12H2,1-2H3,(H,19,20)/t13-/m1/s1. The number of esters is 1. The third-order valence-electron chi connectivity index (χ3n) is 3.27. The molecule has 1 N–H and O–H groups in total. The van der Waals surface area contributed by atoms with Gasteiger partial charge in [-0.25, -0.2) is 4.79 Å². The third-order valence-corrected chi connectivity index (χ3v) is 3.27. The van der Waals surface area contributed by atoms with E-state index >= 15 is 0 Å². The number of hydrogen-bond donors (Lipinski definition) is 1. The predicted octanol–water partition coefficient (Wildman–Crippen LogP) is 2.56. The molecule has 0 saturated heterocycles. The minimum absolute atomic E-state index is 0.203. The maximum absolute atomic E-state index is 12.0. The second-order valence-corrected chi connectivity index (χ2v) is 4.98. The van der Waals surface area contributed by atoms with E-state index in [0.29, 0.717) is 17.9 Å². The summed E-state index contributed by atoms with van der Waals surface area (Å²) in [7, 11) is 1.34. The maximum atomic E-state index is 12.0. The number of rotatable bonds is 6. The summed E-state index contributed by atoms with van der Waals surface area (Å²) in [6, 6.07) is 16.1. The van der Waals surface area contributed by atoms with Gasteiger partial charge in [0.2, 0.25) is 0 Å². The number of amides is 1. The molecule has 5 heteroatoms. The van der Waals surface area contributed by atoms with Crippen LogP contribution < -0.4 is 10.1 Å². The lowest BCUT2D eigenvalue weighted by atomic mass is 10.1. The van der Waals surface area contributed by atoms with E-state index in [1.807, 2.05) is 18.2 Å². The highest BCUT2D eigenvalue weighted by Crippen LogP contribution is 2.11. The summed E-state index contributed by atoms with van der Waals surface area (Å²) >= 11 is 0. The van der Waals surface area contributed by atoms with Crippen molar-refractivity contribution in [1.29, 1.82) is 0 Å². The Balaban J connectivity index is 1.85. The topological polar surface area (TPSA) is 64.6 Å². The van der Waals surface area contributed by atoms with E-state index in [4.69, 9.17) is 4.74 Å². The molecule has 0 heterocycles. The first-order chi connectivity index (χ1) is 11.1. The van der Waals surface area contributed by atoms with E-state index in [9.17, 15) is 9.59 Å². The zero-order valence-corrected chi connectivity index (χ0v) is 13.1. The molecule has 23 heavy (non-hydrogen) atoms. The van der Waals surface area contributed by atoms with E-state index in [-0.39, 0.29) is 11.9 Å². The average Bonchev–Trinajstić information content (AvgIpc) is 2.60. The zero-order valence-electron chi connectivity index (χ0n) is 13.1. The second-order valence-electron chi connectivity index (χ2n) is 4.98. The summed E-state index contributed by atoms with van der Waals surface area (Å²) in [5, 5.41) is 2.80. The lowest BCUT2D eigenvalue weighted by Gasteiger charge is -2.14. The van der Waals surface area contributed by atoms with E-state index in [0.717, 1.165) is 5.56 Å². The summed E-state index contributed by atoms with van der Waals surface area (Å²) < 4.78 is 10.2. The van der Waals surface area contributed by atoms with Crippen LogP contribution in [-0.4, -0.2) is 25.1 Å². The first-order valence-electron chi connectivity index (χ1n) is 7.27. The SMILES string of the molecule is COC(=O)c1ccc(CNC(=O)[C@@H](C)Oc2ccccc2)cc1. The van der Waals surface area contributed by atoms with Crippen LogP contribution in [0, 0.1) is 0 Å². The highest BCUT2D eigenvalue weighted by atomic mass is 16.5. The van der Waals surface area contributed by atoms with Gasteiger partial charge in [0.25, 0.3) is 5.91 Å². The van der Waals surface area contributed by atoms with Gasteiger partial charge in [-0.15, -0.1) is 0 Å². The Hall–Kier alpha value is -2.82. The zero-order chi connectivity index (χ0) is 16.7. The van der Waals surface area contributed by atoms with Crippen molar-refractivity contribution in [1.82, 2.24) is 5.32 Å². The quantitative estimate of drug-likeness (QED) is 0.833. The minimum atomic E-state index is -0.591. The Morgan fingerprint density at radius 1 is 1.04 bits per heavy atom. The summed E-state index contributed by atoms with van der Waals surface area (Å²) in [6.45, 7) is 2.06. The predicted molar refractivity (Wildman–Crippen MR) is 86.2 cm³/mol. The second kappa shape index (κ2) is 7.98. The van der Waals surface area contributed by atoms with E-state index in [2.05, 4.69) is 10.1 Å². The minimum Gasteiger partial charge on any atom is -0.481 e. The first-order valence-corrected chi connectivity index (χ1v) is 7.27. The molecule has 5 nitrogen and oxygen atoms in total. The molecular weight excluding hydrogens is 294 g/mol. The van der Waals surface area contributed by atoms with Gasteiger partial charge in [0.1, 0.15) is 5.75 Å². The van der Waals surface area contributed by atoms with Crippen molar-refractivity contribution >= 4 is 11.9 Å². The molecule has 0 aliphatic rings. The summed E-state index contributed by atoms with van der Waals surface area (Å²) in [6.07, 6.45) is -0.591. The molecule has 0 radical (unpaired) electrons. The Kier molecular flexibility index (Phi) is 5.74. The number of methoxy groups -OCH3 is 1. The number of para-hydroxylation sites is 1. The average molecular weight is 313 g/mol. The molecule has 0 unspecified atom stereocenters. The van der Waals surface area contributed by atoms with Crippen LogP contribution in [0.4, 0.5) is 0 Å². The smallest absolute Gasteiger partial charge is 0.337 e. The fraction of sp³-hybridized carbons (Fsp3) is 0.222. The van der Waals surface area contributed by atoms with Gasteiger partial charge >= 0.3 is 5.97 Å².